The van der Waals surface area contributed by atoms with Gasteiger partial charge in [-0.15, -0.1) is 0 Å². The van der Waals surface area contributed by atoms with Crippen LogP contribution < -0.4 is 5.32 Å². The smallest absolute Gasteiger partial charge is 0.223 e. The van der Waals surface area contributed by atoms with Crippen molar-refractivity contribution < 1.29 is 4.79 Å². The Balaban J connectivity index is 1.78. The van der Waals surface area contributed by atoms with Gasteiger partial charge in [0, 0.05) is 25.4 Å². The number of para-hydroxylation sites is 2. The van der Waals surface area contributed by atoms with E-state index in [1.54, 1.807) is 0 Å². The highest BCUT2D eigenvalue weighted by molar-refractivity contribution is 5.78. The fraction of sp³-hybridized carbons (Fsp3) is 0.440. The number of benzene rings is 2. The molecule has 1 aromatic heterocycles. The van der Waals surface area contributed by atoms with E-state index >= 15 is 0 Å². The summed E-state index contributed by atoms with van der Waals surface area (Å²) in [6.45, 7) is 9.97. The first kappa shape index (κ1) is 21.1. The minimum Gasteiger partial charge on any atom is -0.355 e. The first-order valence-electron chi connectivity index (χ1n) is 10.8. The van der Waals surface area contributed by atoms with Crippen molar-refractivity contribution in [1.29, 1.82) is 0 Å². The summed E-state index contributed by atoms with van der Waals surface area (Å²) in [7, 11) is 0. The second-order valence-corrected chi connectivity index (χ2v) is 8.05. The number of nitrogens with zero attached hydrogens (tertiary/aromatic N) is 2. The Labute approximate surface area is 174 Å². The molecule has 0 bridgehead atoms. The summed E-state index contributed by atoms with van der Waals surface area (Å²) in [6.07, 6.45) is 2.49. The largest absolute Gasteiger partial charge is 0.355 e. The highest BCUT2D eigenvalue weighted by Crippen LogP contribution is 2.20. The fourth-order valence-corrected chi connectivity index (χ4v) is 3.78. The minimum atomic E-state index is 0.105. The van der Waals surface area contributed by atoms with Gasteiger partial charge in [0.1, 0.15) is 5.82 Å². The van der Waals surface area contributed by atoms with Gasteiger partial charge in [-0.25, -0.2) is 4.98 Å². The van der Waals surface area contributed by atoms with Gasteiger partial charge in [0.15, 0.2) is 0 Å². The van der Waals surface area contributed by atoms with Gasteiger partial charge in [-0.05, 0) is 42.0 Å². The summed E-state index contributed by atoms with van der Waals surface area (Å²) < 4.78 is 2.28. The van der Waals surface area contributed by atoms with Crippen molar-refractivity contribution >= 4 is 16.9 Å². The second-order valence-electron chi connectivity index (χ2n) is 8.05. The van der Waals surface area contributed by atoms with Gasteiger partial charge in [0.05, 0.1) is 11.0 Å². The van der Waals surface area contributed by atoms with E-state index in [2.05, 4.69) is 80.0 Å². The molecule has 29 heavy (non-hydrogen) atoms. The van der Waals surface area contributed by atoms with E-state index < -0.39 is 0 Å². The molecule has 0 aliphatic carbocycles. The van der Waals surface area contributed by atoms with E-state index in [0.717, 1.165) is 42.7 Å². The summed E-state index contributed by atoms with van der Waals surface area (Å²) in [4.78, 5) is 17.1. The zero-order valence-electron chi connectivity index (χ0n) is 18.1. The molecule has 0 saturated heterocycles. The van der Waals surface area contributed by atoms with Gasteiger partial charge in [-0.3, -0.25) is 4.79 Å². The summed E-state index contributed by atoms with van der Waals surface area (Å²) in [5.74, 6) is 1.81. The van der Waals surface area contributed by atoms with E-state index in [4.69, 9.17) is 4.98 Å². The lowest BCUT2D eigenvalue weighted by Crippen LogP contribution is -2.32. The maximum Gasteiger partial charge on any atom is 0.223 e. The molecule has 4 heteroatoms. The van der Waals surface area contributed by atoms with Gasteiger partial charge in [-0.2, -0.15) is 0 Å². The Morgan fingerprint density at radius 2 is 1.72 bits per heavy atom. The van der Waals surface area contributed by atoms with Gasteiger partial charge in [0.2, 0.25) is 5.91 Å². The normalized spacial score (nSPS) is 11.5. The van der Waals surface area contributed by atoms with E-state index in [-0.39, 0.29) is 11.8 Å². The molecule has 4 nitrogen and oxygen atoms in total. The molecule has 0 unspecified atom stereocenters. The third-order valence-corrected chi connectivity index (χ3v) is 5.72. The molecule has 0 atom stereocenters. The van der Waals surface area contributed by atoms with Crippen molar-refractivity contribution in [2.75, 3.05) is 6.54 Å². The second kappa shape index (κ2) is 9.73. The maximum absolute atomic E-state index is 12.3. The SMILES string of the molecule is CCC(CC)C(=O)NCCc1nc2ccccc2n1Cc1ccc(C(C)C)cc1. The zero-order chi connectivity index (χ0) is 20.8. The van der Waals surface area contributed by atoms with Crippen LogP contribution in [-0.4, -0.2) is 22.0 Å². The molecular formula is C25H33N3O. The number of nitrogens with one attached hydrogen (secondary N) is 1. The summed E-state index contributed by atoms with van der Waals surface area (Å²) in [6, 6.07) is 17.1. The first-order chi connectivity index (χ1) is 14.0. The van der Waals surface area contributed by atoms with Gasteiger partial charge in [-0.1, -0.05) is 64.1 Å². The van der Waals surface area contributed by atoms with Crippen molar-refractivity contribution in [3.63, 3.8) is 0 Å². The van der Waals surface area contributed by atoms with Crippen molar-refractivity contribution in [2.24, 2.45) is 5.92 Å². The number of fused-ring (bicyclic) bond motifs is 1. The van der Waals surface area contributed by atoms with Crippen LogP contribution in [0.2, 0.25) is 0 Å². The van der Waals surface area contributed by atoms with E-state index in [0.29, 0.717) is 12.5 Å². The van der Waals surface area contributed by atoms with E-state index in [1.165, 1.54) is 11.1 Å². The maximum atomic E-state index is 12.3. The number of rotatable bonds is 9. The third-order valence-electron chi connectivity index (χ3n) is 5.72. The van der Waals surface area contributed by atoms with Gasteiger partial charge in [0.25, 0.3) is 0 Å². The first-order valence-corrected chi connectivity index (χ1v) is 10.8. The Bertz CT molecular complexity index is 936. The zero-order valence-corrected chi connectivity index (χ0v) is 18.1. The Hall–Kier alpha value is -2.62. The highest BCUT2D eigenvalue weighted by Gasteiger charge is 2.15. The van der Waals surface area contributed by atoms with Crippen LogP contribution in [0.15, 0.2) is 48.5 Å². The molecular weight excluding hydrogens is 358 g/mol. The molecule has 0 radical (unpaired) electrons. The lowest BCUT2D eigenvalue weighted by atomic mass is 10.0. The van der Waals surface area contributed by atoms with Crippen LogP contribution >= 0.6 is 0 Å². The Morgan fingerprint density at radius 3 is 2.38 bits per heavy atom. The van der Waals surface area contributed by atoms with Crippen LogP contribution in [0.5, 0.6) is 0 Å². The van der Waals surface area contributed by atoms with Crippen LogP contribution in [0.25, 0.3) is 11.0 Å². The van der Waals surface area contributed by atoms with Crippen LogP contribution in [0.1, 0.15) is 63.4 Å². The number of carbonyl (C=O) groups is 1. The van der Waals surface area contributed by atoms with Crippen molar-refractivity contribution in [2.45, 2.75) is 59.4 Å². The number of hydrogen-bond donors (Lipinski definition) is 1. The fourth-order valence-electron chi connectivity index (χ4n) is 3.78. The molecule has 0 spiro atoms. The molecule has 0 fully saturated rings. The Morgan fingerprint density at radius 1 is 1.03 bits per heavy atom. The van der Waals surface area contributed by atoms with Gasteiger partial charge < -0.3 is 9.88 Å². The van der Waals surface area contributed by atoms with Crippen LogP contribution in [0, 0.1) is 5.92 Å². The molecule has 3 aromatic rings. The summed E-state index contributed by atoms with van der Waals surface area (Å²) in [5, 5.41) is 3.10. The topological polar surface area (TPSA) is 46.9 Å². The molecule has 0 aliphatic rings. The van der Waals surface area contributed by atoms with Crippen LogP contribution in [0.3, 0.4) is 0 Å². The van der Waals surface area contributed by atoms with Crippen LogP contribution in [0.4, 0.5) is 0 Å². The molecule has 1 N–H and O–H groups in total. The number of hydrogen-bond acceptors (Lipinski definition) is 2. The molecule has 1 amide bonds. The van der Waals surface area contributed by atoms with Crippen molar-refractivity contribution in [3.8, 4) is 0 Å². The van der Waals surface area contributed by atoms with E-state index in [9.17, 15) is 4.79 Å². The monoisotopic (exact) mass is 391 g/mol. The molecule has 154 valence electrons. The molecule has 1 heterocycles. The van der Waals surface area contributed by atoms with Crippen molar-refractivity contribution in [3.05, 3.63) is 65.5 Å². The number of amides is 1. The number of imidazole rings is 1. The van der Waals surface area contributed by atoms with Crippen molar-refractivity contribution in [1.82, 2.24) is 14.9 Å². The van der Waals surface area contributed by atoms with Gasteiger partial charge >= 0.3 is 0 Å². The standard InChI is InChI=1S/C25H33N3O/c1-5-20(6-2)25(29)26-16-15-24-27-22-9-7-8-10-23(22)28(24)17-19-11-13-21(14-12-19)18(3)4/h7-14,18,20H,5-6,15-17H2,1-4H3,(H,26,29). The third kappa shape index (κ3) is 5.06. The predicted molar refractivity (Wildman–Crippen MR) is 120 cm³/mol. The molecule has 0 aliphatic heterocycles. The quantitative estimate of drug-likeness (QED) is 0.538. The molecule has 3 rings (SSSR count). The minimum absolute atomic E-state index is 0.105. The molecule has 0 saturated carbocycles. The predicted octanol–water partition coefficient (Wildman–Crippen LogP) is 5.30. The Kier molecular flexibility index (Phi) is 7.08. The average molecular weight is 392 g/mol. The number of carbonyl (C=O) groups excluding carboxylic acids is 1. The summed E-state index contributed by atoms with van der Waals surface area (Å²) >= 11 is 0. The van der Waals surface area contributed by atoms with Crippen LogP contribution in [-0.2, 0) is 17.8 Å². The lowest BCUT2D eigenvalue weighted by Gasteiger charge is -2.14. The summed E-state index contributed by atoms with van der Waals surface area (Å²) in [5.41, 5.74) is 4.77. The average Bonchev–Trinajstić information content (AvgIpc) is 3.07. The lowest BCUT2D eigenvalue weighted by molar-refractivity contribution is -0.125. The highest BCUT2D eigenvalue weighted by atomic mass is 16.1. The number of aromatic nitrogens is 2. The molecule has 2 aromatic carbocycles. The van der Waals surface area contributed by atoms with E-state index in [1.807, 2.05) is 6.07 Å².